The molecule has 0 aliphatic carbocycles. The number of hydrogen-bond donors (Lipinski definition) is 0. The molecule has 0 aliphatic heterocycles. The number of aromatic nitrogens is 3. The first-order chi connectivity index (χ1) is 28.8. The first kappa shape index (κ1) is 31.4. The summed E-state index contributed by atoms with van der Waals surface area (Å²) in [5, 5.41) is 9.64. The van der Waals surface area contributed by atoms with Gasteiger partial charge in [-0.25, -0.2) is 0 Å². The highest BCUT2D eigenvalue weighted by molar-refractivity contribution is 6.29. The highest BCUT2D eigenvalue weighted by Gasteiger charge is 2.22. The van der Waals surface area contributed by atoms with E-state index in [-0.39, 0.29) is 0 Å². The molecular formula is C54H33N3O. The molecule has 4 nitrogen and oxygen atoms in total. The molecule has 4 heterocycles. The molecular weight excluding hydrogens is 707 g/mol. The molecule has 13 aromatic rings. The summed E-state index contributed by atoms with van der Waals surface area (Å²) < 4.78 is 13.7. The fourth-order valence-corrected chi connectivity index (χ4v) is 9.73. The molecule has 4 heteroatoms. The predicted octanol–water partition coefficient (Wildman–Crippen LogP) is 14.5. The number of fused-ring (bicyclic) bond motifs is 13. The van der Waals surface area contributed by atoms with Gasteiger partial charge in [-0.2, -0.15) is 0 Å². The van der Waals surface area contributed by atoms with Crippen LogP contribution in [0.25, 0.3) is 116 Å². The predicted molar refractivity (Wildman–Crippen MR) is 242 cm³/mol. The van der Waals surface area contributed by atoms with Gasteiger partial charge in [0.2, 0.25) is 0 Å². The van der Waals surface area contributed by atoms with E-state index < -0.39 is 0 Å². The van der Waals surface area contributed by atoms with Crippen LogP contribution in [-0.2, 0) is 0 Å². The highest BCUT2D eigenvalue weighted by atomic mass is 16.3. The van der Waals surface area contributed by atoms with Crippen molar-refractivity contribution in [2.24, 2.45) is 0 Å². The van der Waals surface area contributed by atoms with Crippen molar-refractivity contribution in [1.82, 2.24) is 13.7 Å². The lowest BCUT2D eigenvalue weighted by molar-refractivity contribution is 0.669. The molecule has 0 unspecified atom stereocenters. The molecule has 13 rings (SSSR count). The molecule has 0 spiro atoms. The molecule has 0 atom stereocenters. The van der Waals surface area contributed by atoms with Crippen LogP contribution in [0.1, 0.15) is 0 Å². The number of rotatable bonds is 4. The van der Waals surface area contributed by atoms with Gasteiger partial charge in [0.05, 0.1) is 33.1 Å². The molecule has 58 heavy (non-hydrogen) atoms. The maximum Gasteiger partial charge on any atom is 0.136 e. The normalized spacial score (nSPS) is 12.1. The van der Waals surface area contributed by atoms with Gasteiger partial charge < -0.3 is 18.1 Å². The van der Waals surface area contributed by atoms with Gasteiger partial charge in [0.15, 0.2) is 0 Å². The molecule has 0 fully saturated rings. The summed E-state index contributed by atoms with van der Waals surface area (Å²) in [6, 6.07) is 72.5. The third-order valence-corrected chi connectivity index (χ3v) is 12.2. The molecule has 270 valence electrons. The van der Waals surface area contributed by atoms with Crippen molar-refractivity contribution >= 4 is 87.4 Å². The zero-order valence-electron chi connectivity index (χ0n) is 31.3. The number of benzene rings is 9. The molecule has 4 aromatic heterocycles. The lowest BCUT2D eigenvalue weighted by Crippen LogP contribution is -1.94. The Morgan fingerprint density at radius 2 is 0.759 bits per heavy atom. The molecule has 0 saturated carbocycles. The van der Waals surface area contributed by atoms with Crippen LogP contribution in [0.4, 0.5) is 0 Å². The van der Waals surface area contributed by atoms with Crippen LogP contribution < -0.4 is 0 Å². The van der Waals surface area contributed by atoms with E-state index in [1.165, 1.54) is 65.5 Å². The summed E-state index contributed by atoms with van der Waals surface area (Å²) in [6.45, 7) is 0. The number of nitrogens with zero attached hydrogens (tertiary/aromatic N) is 3. The van der Waals surface area contributed by atoms with E-state index in [9.17, 15) is 0 Å². The van der Waals surface area contributed by atoms with Crippen molar-refractivity contribution < 1.29 is 4.42 Å². The number of hydrogen-bond acceptors (Lipinski definition) is 1. The van der Waals surface area contributed by atoms with Crippen LogP contribution in [0.15, 0.2) is 205 Å². The molecule has 0 aliphatic rings. The minimum Gasteiger partial charge on any atom is -0.456 e. The van der Waals surface area contributed by atoms with Crippen molar-refractivity contribution in [2.45, 2.75) is 0 Å². The summed E-state index contributed by atoms with van der Waals surface area (Å²) in [5.74, 6) is 0. The summed E-state index contributed by atoms with van der Waals surface area (Å²) >= 11 is 0. The molecule has 9 aromatic carbocycles. The summed E-state index contributed by atoms with van der Waals surface area (Å²) in [6.07, 6.45) is 0. The van der Waals surface area contributed by atoms with E-state index in [4.69, 9.17) is 4.42 Å². The van der Waals surface area contributed by atoms with Crippen LogP contribution >= 0.6 is 0 Å². The van der Waals surface area contributed by atoms with E-state index in [0.29, 0.717) is 0 Å². The fourth-order valence-electron chi connectivity index (χ4n) is 9.73. The van der Waals surface area contributed by atoms with Gasteiger partial charge in [-0.05, 0) is 102 Å². The van der Waals surface area contributed by atoms with Gasteiger partial charge in [0, 0.05) is 60.2 Å². The second-order valence-corrected chi connectivity index (χ2v) is 15.3. The average Bonchev–Trinajstić information content (AvgIpc) is 4.02. The molecule has 0 bridgehead atoms. The van der Waals surface area contributed by atoms with Gasteiger partial charge in [-0.3, -0.25) is 0 Å². The second-order valence-electron chi connectivity index (χ2n) is 15.3. The quantitative estimate of drug-likeness (QED) is 0.177. The second kappa shape index (κ2) is 11.8. The molecule has 0 amide bonds. The highest BCUT2D eigenvalue weighted by Crippen LogP contribution is 2.44. The maximum absolute atomic E-state index is 6.40. The van der Waals surface area contributed by atoms with Gasteiger partial charge in [0.25, 0.3) is 0 Å². The van der Waals surface area contributed by atoms with Crippen molar-refractivity contribution in [1.29, 1.82) is 0 Å². The van der Waals surface area contributed by atoms with Crippen LogP contribution in [0.2, 0.25) is 0 Å². The lowest BCUT2D eigenvalue weighted by atomic mass is 9.99. The van der Waals surface area contributed by atoms with E-state index in [1.54, 1.807) is 0 Å². The van der Waals surface area contributed by atoms with E-state index in [0.717, 1.165) is 50.0 Å². The van der Waals surface area contributed by atoms with Gasteiger partial charge in [-0.15, -0.1) is 0 Å². The lowest BCUT2D eigenvalue weighted by Gasteiger charge is -2.10. The molecule has 0 saturated heterocycles. The van der Waals surface area contributed by atoms with Crippen molar-refractivity contribution in [3.63, 3.8) is 0 Å². The Morgan fingerprint density at radius 3 is 1.45 bits per heavy atom. The summed E-state index contributed by atoms with van der Waals surface area (Å²) in [7, 11) is 0. The van der Waals surface area contributed by atoms with Crippen LogP contribution in [-0.4, -0.2) is 13.7 Å². The van der Waals surface area contributed by atoms with Crippen LogP contribution in [0.5, 0.6) is 0 Å². The maximum atomic E-state index is 6.40. The van der Waals surface area contributed by atoms with Crippen molar-refractivity contribution in [3.05, 3.63) is 200 Å². The number of furan rings is 1. The van der Waals surface area contributed by atoms with Crippen molar-refractivity contribution in [2.75, 3.05) is 0 Å². The summed E-state index contributed by atoms with van der Waals surface area (Å²) in [5.41, 5.74) is 14.7. The smallest absolute Gasteiger partial charge is 0.136 e. The van der Waals surface area contributed by atoms with E-state index in [2.05, 4.69) is 208 Å². The van der Waals surface area contributed by atoms with Crippen LogP contribution in [0, 0.1) is 0 Å². The Bertz CT molecular complexity index is 3770. The topological polar surface area (TPSA) is 27.9 Å². The largest absolute Gasteiger partial charge is 0.456 e. The standard InChI is InChI=1S/C54H33N3O/c1-4-14-36(15-5-1)55-45-22-12-10-21-41(45)53-47(55)28-29-48-54(53)44-30-34(25-27-46(44)56(48)37-16-6-2-7-17-37)35-24-26-39-42-33-52-43(40-20-11-13-23-51(40)58-52)32-50(42)57(49(39)31-35)38-18-8-3-9-19-38/h1-33H. The zero-order chi connectivity index (χ0) is 37.9. The Balaban J connectivity index is 1.11. The van der Waals surface area contributed by atoms with Crippen molar-refractivity contribution in [3.8, 4) is 28.2 Å². The third-order valence-electron chi connectivity index (χ3n) is 12.2. The average molecular weight is 740 g/mol. The van der Waals surface area contributed by atoms with E-state index in [1.807, 2.05) is 6.07 Å². The monoisotopic (exact) mass is 739 g/mol. The SMILES string of the molecule is c1ccc(-n2c3cc(-c4ccc5c(c4)c4c6c7ccccc7n(-c7ccccc7)c6ccc4n5-c4ccccc4)ccc3c3cc4oc5ccccc5c4cc32)cc1. The Morgan fingerprint density at radius 1 is 0.259 bits per heavy atom. The first-order valence-corrected chi connectivity index (χ1v) is 19.8. The van der Waals surface area contributed by atoms with Crippen LogP contribution in [0.3, 0.4) is 0 Å². The first-order valence-electron chi connectivity index (χ1n) is 19.8. The Hall–Kier alpha value is -7.82. The van der Waals surface area contributed by atoms with Gasteiger partial charge in [-0.1, -0.05) is 109 Å². The summed E-state index contributed by atoms with van der Waals surface area (Å²) in [4.78, 5) is 0. The third kappa shape index (κ3) is 4.34. The van der Waals surface area contributed by atoms with E-state index >= 15 is 0 Å². The Kier molecular flexibility index (Phi) is 6.41. The zero-order valence-corrected chi connectivity index (χ0v) is 31.3. The molecule has 0 radical (unpaired) electrons. The minimum atomic E-state index is 0.907. The van der Waals surface area contributed by atoms with Gasteiger partial charge in [0.1, 0.15) is 11.2 Å². The molecule has 0 N–H and O–H groups in total. The minimum absolute atomic E-state index is 0.907. The fraction of sp³-hybridized carbons (Fsp3) is 0. The van der Waals surface area contributed by atoms with Gasteiger partial charge >= 0.3 is 0 Å². The Labute approximate surface area is 332 Å². The number of para-hydroxylation sites is 5.